The molecule has 1 rings (SSSR count). The van der Waals surface area contributed by atoms with E-state index in [1.807, 2.05) is 0 Å². The molecule has 1 aliphatic carbocycles. The SMILES string of the molecule is C[C](C)(C)[Al-]([CH]1C=C[CH]([Al-]([C](C)(C)C)([C](C)(C)C)[C](C)(C)C)C=C1)([C](C)(C)C)[C](C)(C)C. The van der Waals surface area contributed by atoms with Gasteiger partial charge >= 0.3 is 0 Å². The van der Waals surface area contributed by atoms with Crippen LogP contribution in [0, 0.1) is 0 Å². The summed E-state index contributed by atoms with van der Waals surface area (Å²) in [6, 6.07) is 0. The van der Waals surface area contributed by atoms with Crippen molar-refractivity contribution in [2.24, 2.45) is 0 Å². The van der Waals surface area contributed by atoms with E-state index in [0.29, 0.717) is 35.2 Å². The van der Waals surface area contributed by atoms with Gasteiger partial charge in [0.05, 0.1) is 0 Å². The Morgan fingerprint density at radius 3 is 0.531 bits per heavy atom. The molecule has 0 unspecified atom stereocenters. The predicted octanol–water partition coefficient (Wildman–Crippen LogP) is 11.6. The van der Waals surface area contributed by atoms with Crippen molar-refractivity contribution in [1.29, 1.82) is 0 Å². The molecule has 0 bridgehead atoms. The van der Waals surface area contributed by atoms with Crippen LogP contribution >= 0.6 is 0 Å². The van der Waals surface area contributed by atoms with E-state index in [2.05, 4.69) is 149 Å². The number of rotatable bonds is 2. The summed E-state index contributed by atoms with van der Waals surface area (Å²) in [5.74, 6) is 0. The van der Waals surface area contributed by atoms with Crippen LogP contribution in [0.1, 0.15) is 125 Å². The number of hydrogen-bond acceptors (Lipinski definition) is 0. The first kappa shape index (κ1) is 30.6. The molecule has 0 N–H and O–H groups in total. The van der Waals surface area contributed by atoms with Crippen molar-refractivity contribution in [1.82, 2.24) is 0 Å². The summed E-state index contributed by atoms with van der Waals surface area (Å²) < 4.78 is 3.24. The number of allylic oxidation sites excluding steroid dienone is 4. The van der Waals surface area contributed by atoms with Crippen molar-refractivity contribution in [2.45, 2.75) is 160 Å². The molecule has 1 aliphatic rings. The second kappa shape index (κ2) is 8.59. The summed E-state index contributed by atoms with van der Waals surface area (Å²) in [6.07, 6.45) is 10.9. The Kier molecular flexibility index (Phi) is 8.20. The van der Waals surface area contributed by atoms with E-state index in [-0.39, 0.29) is 0 Å². The first-order valence-electron chi connectivity index (χ1n) is 13.4. The van der Waals surface area contributed by atoms with Crippen molar-refractivity contribution >= 4 is 26.2 Å². The van der Waals surface area contributed by atoms with Gasteiger partial charge < -0.3 is 0 Å². The van der Waals surface area contributed by atoms with Gasteiger partial charge in [0.2, 0.25) is 0 Å². The highest BCUT2D eigenvalue weighted by atomic mass is 27.2. The molecule has 2 heteroatoms. The van der Waals surface area contributed by atoms with E-state index < -0.39 is 26.2 Å². The van der Waals surface area contributed by atoms with Crippen LogP contribution in [0.4, 0.5) is 0 Å². The topological polar surface area (TPSA) is 0 Å². The highest BCUT2D eigenvalue weighted by Crippen LogP contribution is 2.70. The van der Waals surface area contributed by atoms with Gasteiger partial charge in [-0.15, -0.1) is 33.9 Å². The number of hydrogen-bond donors (Lipinski definition) is 0. The van der Waals surface area contributed by atoms with E-state index in [9.17, 15) is 0 Å². The van der Waals surface area contributed by atoms with Crippen LogP contribution in [0.2, 0.25) is 35.2 Å². The van der Waals surface area contributed by atoms with Crippen molar-refractivity contribution < 1.29 is 0 Å². The van der Waals surface area contributed by atoms with Gasteiger partial charge in [-0.1, -0.05) is 125 Å². The smallest absolute Gasteiger partial charge is 0.164 e. The van der Waals surface area contributed by atoms with Gasteiger partial charge in [0, 0.05) is 0 Å². The van der Waals surface area contributed by atoms with Crippen LogP contribution in [0.15, 0.2) is 24.3 Å². The summed E-state index contributed by atoms with van der Waals surface area (Å²) in [5.41, 5.74) is 0. The molecular formula is C30H60Al2-2. The van der Waals surface area contributed by atoms with Gasteiger partial charge in [0.25, 0.3) is 0 Å². The first-order chi connectivity index (χ1) is 13.7. The Labute approximate surface area is 209 Å². The Hall–Kier alpha value is 0.545. The van der Waals surface area contributed by atoms with Gasteiger partial charge in [0.15, 0.2) is 26.2 Å². The molecule has 32 heavy (non-hydrogen) atoms. The molecule has 0 aromatic rings. The van der Waals surface area contributed by atoms with Crippen LogP contribution in [0.5, 0.6) is 0 Å². The maximum atomic E-state index is 2.72. The van der Waals surface area contributed by atoms with E-state index in [0.717, 1.165) is 0 Å². The normalized spacial score (nSPS) is 22.4. The second-order valence-electron chi connectivity index (χ2n) is 18.0. The molecule has 0 atom stereocenters. The zero-order valence-corrected chi connectivity index (χ0v) is 27.9. The molecule has 188 valence electrons. The average molecular weight is 475 g/mol. The first-order valence-corrected chi connectivity index (χ1v) is 18.2. The Bertz CT molecular complexity index is 562. The van der Waals surface area contributed by atoms with Crippen LogP contribution in [-0.4, -0.2) is 26.2 Å². The molecule has 0 saturated carbocycles. The van der Waals surface area contributed by atoms with Gasteiger partial charge in [-0.25, -0.2) is 0 Å². The average Bonchev–Trinajstić information content (AvgIpc) is 2.40. The van der Waals surface area contributed by atoms with Gasteiger partial charge in [-0.05, 0) is 0 Å². The zero-order chi connectivity index (χ0) is 26.0. The van der Waals surface area contributed by atoms with E-state index in [1.54, 1.807) is 0 Å². The third-order valence-electron chi connectivity index (χ3n) is 10.5. The summed E-state index contributed by atoms with van der Waals surface area (Å²) in [5, 5.41) is 0. The van der Waals surface area contributed by atoms with Crippen molar-refractivity contribution in [3.8, 4) is 0 Å². The standard InChI is InChI=1S/C6H6.6C4H9.2Al/c1-2-4-6-5-3-1;6*1-4(2)3;;/h1-6H;6*1-3H3;;/q;;;;;;;2*-1. The second-order valence-corrected chi connectivity index (χ2v) is 33.7. The van der Waals surface area contributed by atoms with Crippen molar-refractivity contribution in [3.63, 3.8) is 0 Å². The molecule has 0 nitrogen and oxygen atoms in total. The lowest BCUT2D eigenvalue weighted by atomic mass is 10.1. The molecule has 0 fully saturated rings. The largest absolute Gasteiger partial charge is 0.175 e. The summed E-state index contributed by atoms with van der Waals surface area (Å²) in [4.78, 5) is 0. The third kappa shape index (κ3) is 4.55. The molecule has 0 spiro atoms. The molecule has 0 saturated heterocycles. The lowest BCUT2D eigenvalue weighted by Crippen LogP contribution is -2.62. The molecule has 0 aliphatic heterocycles. The molecular weight excluding hydrogens is 414 g/mol. The molecule has 0 aromatic carbocycles. The predicted molar refractivity (Wildman–Crippen MR) is 156 cm³/mol. The minimum atomic E-state index is -2.28. The molecule has 0 aromatic heterocycles. The minimum absolute atomic E-state index is 0.338. The fourth-order valence-electron chi connectivity index (χ4n) is 12.6. The van der Waals surface area contributed by atoms with E-state index >= 15 is 0 Å². The summed E-state index contributed by atoms with van der Waals surface area (Å²) >= 11 is -4.57. The highest BCUT2D eigenvalue weighted by molar-refractivity contribution is 6.91. The van der Waals surface area contributed by atoms with Crippen LogP contribution in [0.3, 0.4) is 0 Å². The van der Waals surface area contributed by atoms with E-state index in [1.165, 1.54) is 0 Å². The quantitative estimate of drug-likeness (QED) is 0.276. The maximum Gasteiger partial charge on any atom is 0.164 e. The molecule has 0 amide bonds. The van der Waals surface area contributed by atoms with Crippen LogP contribution in [-0.2, 0) is 0 Å². The van der Waals surface area contributed by atoms with Crippen molar-refractivity contribution in [2.75, 3.05) is 0 Å². The van der Waals surface area contributed by atoms with Crippen LogP contribution < -0.4 is 0 Å². The molecule has 0 radical (unpaired) electrons. The Morgan fingerprint density at radius 2 is 0.438 bits per heavy atom. The Morgan fingerprint density at radius 1 is 0.312 bits per heavy atom. The van der Waals surface area contributed by atoms with Crippen molar-refractivity contribution in [3.05, 3.63) is 24.3 Å². The maximum absolute atomic E-state index is 2.72. The minimum Gasteiger partial charge on any atom is -0.175 e. The van der Waals surface area contributed by atoms with Gasteiger partial charge in [-0.3, -0.25) is 0 Å². The summed E-state index contributed by atoms with van der Waals surface area (Å²) in [7, 11) is 0. The van der Waals surface area contributed by atoms with Crippen LogP contribution in [0.25, 0.3) is 0 Å². The van der Waals surface area contributed by atoms with E-state index in [4.69, 9.17) is 0 Å². The fourth-order valence-corrected chi connectivity index (χ4v) is 36.9. The summed E-state index contributed by atoms with van der Waals surface area (Å²) in [6.45, 7) is 45.8. The monoisotopic (exact) mass is 474 g/mol. The van der Waals surface area contributed by atoms with Gasteiger partial charge in [-0.2, -0.15) is 25.7 Å². The highest BCUT2D eigenvalue weighted by Gasteiger charge is 2.60. The zero-order valence-electron chi connectivity index (χ0n) is 25.6. The lowest BCUT2D eigenvalue weighted by Gasteiger charge is -2.70. The molecule has 0 heterocycles. The Balaban J connectivity index is 3.83. The lowest BCUT2D eigenvalue weighted by molar-refractivity contribution is 0.515. The van der Waals surface area contributed by atoms with Gasteiger partial charge in [0.1, 0.15) is 0 Å². The third-order valence-corrected chi connectivity index (χ3v) is 30.1. The fraction of sp³-hybridized carbons (Fsp3) is 0.867.